The van der Waals surface area contributed by atoms with Gasteiger partial charge in [0.15, 0.2) is 4.80 Å². The van der Waals surface area contributed by atoms with Crippen LogP contribution in [0.1, 0.15) is 49.4 Å². The van der Waals surface area contributed by atoms with Gasteiger partial charge in [0, 0.05) is 25.5 Å². The molecule has 0 aliphatic carbocycles. The lowest BCUT2D eigenvalue weighted by Crippen LogP contribution is -2.40. The van der Waals surface area contributed by atoms with Gasteiger partial charge in [0.1, 0.15) is 0 Å². The Morgan fingerprint density at radius 2 is 1.67 bits per heavy atom. The summed E-state index contributed by atoms with van der Waals surface area (Å²) in [6.45, 7) is 6.13. The molecule has 0 fully saturated rings. The highest BCUT2D eigenvalue weighted by molar-refractivity contribution is 7.07. The highest BCUT2D eigenvalue weighted by Gasteiger charge is 2.32. The first-order valence-electron chi connectivity index (χ1n) is 13.0. The van der Waals surface area contributed by atoms with Crippen molar-refractivity contribution in [2.75, 3.05) is 24.3 Å². The summed E-state index contributed by atoms with van der Waals surface area (Å²) in [5.41, 5.74) is 5.68. The molecule has 7 heteroatoms. The first-order chi connectivity index (χ1) is 18.7. The van der Waals surface area contributed by atoms with Crippen LogP contribution in [0.5, 0.6) is 0 Å². The summed E-state index contributed by atoms with van der Waals surface area (Å²) >= 11 is 1.35. The van der Waals surface area contributed by atoms with Gasteiger partial charge in [-0.25, -0.2) is 4.99 Å². The van der Waals surface area contributed by atoms with E-state index >= 15 is 0 Å². The number of anilines is 2. The van der Waals surface area contributed by atoms with Gasteiger partial charge in [0.05, 0.1) is 21.8 Å². The minimum Gasteiger partial charge on any atom is -0.378 e. The normalized spacial score (nSPS) is 15.2. The third-order valence-corrected chi connectivity index (χ3v) is 7.91. The number of nitrogens with one attached hydrogen (secondary N) is 1. The van der Waals surface area contributed by atoms with Gasteiger partial charge in [0.25, 0.3) is 11.5 Å². The lowest BCUT2D eigenvalue weighted by atomic mass is 9.93. The molecule has 0 radical (unpaired) electrons. The molecule has 0 spiro atoms. The van der Waals surface area contributed by atoms with Crippen LogP contribution >= 0.6 is 11.3 Å². The van der Waals surface area contributed by atoms with Crippen LogP contribution in [0.4, 0.5) is 11.4 Å². The molecule has 6 nitrogen and oxygen atoms in total. The SMILES string of the molecule is CC1=C(C(=O)Nc2ccccc2)C(c2ccc(C(C)C)cc2)n2c(s/c(=C\c3ccc(N(C)C)cc3)c2=O)=N1. The van der Waals surface area contributed by atoms with Crippen LogP contribution in [0.15, 0.2) is 99.9 Å². The van der Waals surface area contributed by atoms with E-state index in [0.717, 1.165) is 16.8 Å². The van der Waals surface area contributed by atoms with E-state index in [1.165, 1.54) is 16.9 Å². The zero-order valence-electron chi connectivity index (χ0n) is 22.8. The Kier molecular flexibility index (Phi) is 7.35. The van der Waals surface area contributed by atoms with Crippen LogP contribution in [-0.2, 0) is 4.79 Å². The summed E-state index contributed by atoms with van der Waals surface area (Å²) in [5, 5.41) is 3.00. The van der Waals surface area contributed by atoms with Gasteiger partial charge in [-0.3, -0.25) is 14.2 Å². The first kappa shape index (κ1) is 26.4. The summed E-state index contributed by atoms with van der Waals surface area (Å²) < 4.78 is 2.25. The smallest absolute Gasteiger partial charge is 0.271 e. The third kappa shape index (κ3) is 5.36. The number of carbonyl (C=O) groups is 1. The quantitative estimate of drug-likeness (QED) is 0.375. The highest BCUT2D eigenvalue weighted by Crippen LogP contribution is 2.31. The lowest BCUT2D eigenvalue weighted by molar-refractivity contribution is -0.113. The second kappa shape index (κ2) is 10.9. The molecule has 1 aliphatic heterocycles. The lowest BCUT2D eigenvalue weighted by Gasteiger charge is -2.25. The van der Waals surface area contributed by atoms with Crippen LogP contribution in [0.2, 0.25) is 0 Å². The van der Waals surface area contributed by atoms with Crippen molar-refractivity contribution in [3.63, 3.8) is 0 Å². The van der Waals surface area contributed by atoms with Gasteiger partial charge in [-0.1, -0.05) is 79.8 Å². The van der Waals surface area contributed by atoms with Crippen LogP contribution in [0.3, 0.4) is 0 Å². The largest absolute Gasteiger partial charge is 0.378 e. The molecule has 1 aromatic heterocycles. The number of fused-ring (bicyclic) bond motifs is 1. The number of nitrogens with zero attached hydrogens (tertiary/aromatic N) is 3. The molecule has 4 aromatic rings. The fourth-order valence-electron chi connectivity index (χ4n) is 4.73. The van der Waals surface area contributed by atoms with Crippen molar-refractivity contribution in [3.8, 4) is 0 Å². The van der Waals surface area contributed by atoms with Crippen molar-refractivity contribution < 1.29 is 4.79 Å². The van der Waals surface area contributed by atoms with E-state index in [1.807, 2.05) is 98.7 Å². The monoisotopic (exact) mass is 536 g/mol. The fourth-order valence-corrected chi connectivity index (χ4v) is 5.78. The highest BCUT2D eigenvalue weighted by atomic mass is 32.1. The Labute approximate surface area is 232 Å². The van der Waals surface area contributed by atoms with Crippen molar-refractivity contribution in [3.05, 3.63) is 127 Å². The van der Waals surface area contributed by atoms with E-state index in [1.54, 1.807) is 4.57 Å². The molecule has 0 saturated heterocycles. The van der Waals surface area contributed by atoms with Crippen LogP contribution in [0, 0.1) is 0 Å². The van der Waals surface area contributed by atoms with Gasteiger partial charge in [0.2, 0.25) is 0 Å². The molecular formula is C32H32N4O2S. The summed E-state index contributed by atoms with van der Waals surface area (Å²) in [7, 11) is 3.99. The zero-order chi connectivity index (χ0) is 27.7. The molecule has 5 rings (SSSR count). The van der Waals surface area contributed by atoms with Crippen molar-refractivity contribution >= 4 is 34.7 Å². The number of amides is 1. The topological polar surface area (TPSA) is 66.7 Å². The minimum absolute atomic E-state index is 0.161. The number of rotatable bonds is 6. The van der Waals surface area contributed by atoms with Crippen molar-refractivity contribution in [2.24, 2.45) is 4.99 Å². The van der Waals surface area contributed by atoms with Gasteiger partial charge >= 0.3 is 0 Å². The maximum atomic E-state index is 13.9. The first-order valence-corrected chi connectivity index (χ1v) is 13.8. The molecule has 1 aliphatic rings. The van der Waals surface area contributed by atoms with Gasteiger partial charge < -0.3 is 10.2 Å². The molecule has 2 heterocycles. The van der Waals surface area contributed by atoms with Gasteiger partial charge in [-0.2, -0.15) is 0 Å². The molecule has 198 valence electrons. The number of allylic oxidation sites excluding steroid dienone is 1. The molecule has 1 amide bonds. The summed E-state index contributed by atoms with van der Waals surface area (Å²) in [4.78, 5) is 35.0. The number of carbonyl (C=O) groups excluding carboxylic acids is 1. The van der Waals surface area contributed by atoms with E-state index in [4.69, 9.17) is 4.99 Å². The van der Waals surface area contributed by atoms with Gasteiger partial charge in [-0.05, 0) is 59.9 Å². The average molecular weight is 537 g/mol. The average Bonchev–Trinajstić information content (AvgIpc) is 3.22. The Morgan fingerprint density at radius 1 is 1.00 bits per heavy atom. The standard InChI is InChI=1S/C32H32N4O2S/c1-20(2)23-13-15-24(16-14-23)29-28(30(37)34-25-9-7-6-8-10-25)21(3)33-32-36(29)31(38)27(39-32)19-22-11-17-26(18-12-22)35(4)5/h6-20,29H,1-5H3,(H,34,37)/b27-19-. The van der Waals surface area contributed by atoms with Crippen molar-refractivity contribution in [2.45, 2.75) is 32.7 Å². The summed E-state index contributed by atoms with van der Waals surface area (Å²) in [5.74, 6) is 0.104. The molecular weight excluding hydrogens is 504 g/mol. The van der Waals surface area contributed by atoms with Gasteiger partial charge in [-0.15, -0.1) is 0 Å². The number of aromatic nitrogens is 1. The molecule has 3 aromatic carbocycles. The van der Waals surface area contributed by atoms with Crippen LogP contribution in [0.25, 0.3) is 6.08 Å². The van der Waals surface area contributed by atoms with E-state index in [9.17, 15) is 9.59 Å². The molecule has 39 heavy (non-hydrogen) atoms. The van der Waals surface area contributed by atoms with E-state index in [0.29, 0.717) is 32.2 Å². The molecule has 0 saturated carbocycles. The predicted octanol–water partition coefficient (Wildman–Crippen LogP) is 5.06. The second-order valence-electron chi connectivity index (χ2n) is 10.2. The Morgan fingerprint density at radius 3 is 2.28 bits per heavy atom. The Balaban J connectivity index is 1.64. The predicted molar refractivity (Wildman–Crippen MR) is 160 cm³/mol. The van der Waals surface area contributed by atoms with Crippen LogP contribution < -0.4 is 25.1 Å². The molecule has 1 atom stereocenters. The maximum Gasteiger partial charge on any atom is 0.271 e. The third-order valence-electron chi connectivity index (χ3n) is 6.92. The molecule has 1 N–H and O–H groups in total. The number of para-hydroxylation sites is 1. The number of hydrogen-bond donors (Lipinski definition) is 1. The van der Waals surface area contributed by atoms with Crippen molar-refractivity contribution in [1.82, 2.24) is 4.57 Å². The minimum atomic E-state index is -0.593. The number of benzene rings is 3. The van der Waals surface area contributed by atoms with Crippen molar-refractivity contribution in [1.29, 1.82) is 0 Å². The summed E-state index contributed by atoms with van der Waals surface area (Å²) in [6, 6.07) is 25.0. The van der Waals surface area contributed by atoms with Crippen LogP contribution in [-0.4, -0.2) is 24.6 Å². The Hall–Kier alpha value is -4.23. The number of hydrogen-bond acceptors (Lipinski definition) is 5. The molecule has 1 unspecified atom stereocenters. The van der Waals surface area contributed by atoms with E-state index in [2.05, 4.69) is 31.3 Å². The van der Waals surface area contributed by atoms with E-state index in [-0.39, 0.29) is 11.5 Å². The number of thiazole rings is 1. The Bertz CT molecular complexity index is 1710. The summed E-state index contributed by atoms with van der Waals surface area (Å²) in [6.07, 6.45) is 1.89. The zero-order valence-corrected chi connectivity index (χ0v) is 23.6. The van der Waals surface area contributed by atoms with E-state index < -0.39 is 6.04 Å². The fraction of sp³-hybridized carbons (Fsp3) is 0.219. The second-order valence-corrected chi connectivity index (χ2v) is 11.2. The molecule has 0 bridgehead atoms. The maximum absolute atomic E-state index is 13.9.